The molecule has 0 radical (unpaired) electrons. The van der Waals surface area contributed by atoms with Crippen LogP contribution in [0.25, 0.3) is 0 Å². The molecule has 1 aromatic heterocycles. The van der Waals surface area contributed by atoms with Crippen molar-refractivity contribution in [2.45, 2.75) is 45.2 Å². The van der Waals surface area contributed by atoms with Crippen molar-refractivity contribution < 1.29 is 9.59 Å². The lowest BCUT2D eigenvalue weighted by Crippen LogP contribution is -2.40. The Morgan fingerprint density at radius 3 is 2.33 bits per heavy atom. The van der Waals surface area contributed by atoms with E-state index in [0.29, 0.717) is 0 Å². The van der Waals surface area contributed by atoms with Gasteiger partial charge in [-0.2, -0.15) is 0 Å². The number of thiophene rings is 1. The number of amides is 3. The maximum absolute atomic E-state index is 12.8. The molecule has 3 rings (SSSR count). The van der Waals surface area contributed by atoms with Gasteiger partial charge in [-0.05, 0) is 34.9 Å². The van der Waals surface area contributed by atoms with Crippen molar-refractivity contribution in [1.82, 2.24) is 10.2 Å². The van der Waals surface area contributed by atoms with Crippen molar-refractivity contribution in [2.24, 2.45) is 0 Å². The molecule has 24 heavy (non-hydrogen) atoms. The maximum Gasteiger partial charge on any atom is 0.325 e. The molecule has 0 unspecified atom stereocenters. The van der Waals surface area contributed by atoms with E-state index in [1.807, 2.05) is 29.6 Å². The summed E-state index contributed by atoms with van der Waals surface area (Å²) in [7, 11) is 0. The zero-order chi connectivity index (χ0) is 17.5. The summed E-state index contributed by atoms with van der Waals surface area (Å²) < 4.78 is 0. The quantitative estimate of drug-likeness (QED) is 0.857. The minimum absolute atomic E-state index is 0.0805. The fourth-order valence-corrected chi connectivity index (χ4v) is 3.70. The minimum Gasteiger partial charge on any atom is -0.319 e. The Bertz CT molecular complexity index is 760. The number of carbonyl (C=O) groups is 2. The third-order valence-corrected chi connectivity index (χ3v) is 5.54. The first-order chi connectivity index (χ1) is 11.2. The fraction of sp³-hybridized carbons (Fsp3) is 0.368. The zero-order valence-corrected chi connectivity index (χ0v) is 15.2. The van der Waals surface area contributed by atoms with E-state index in [1.54, 1.807) is 6.92 Å². The second-order valence-corrected chi connectivity index (χ2v) is 8.32. The Balaban J connectivity index is 1.81. The van der Waals surface area contributed by atoms with Gasteiger partial charge in [0, 0.05) is 4.88 Å². The summed E-state index contributed by atoms with van der Waals surface area (Å²) in [4.78, 5) is 27.3. The van der Waals surface area contributed by atoms with Crippen molar-refractivity contribution in [3.8, 4) is 0 Å². The smallest absolute Gasteiger partial charge is 0.319 e. The highest BCUT2D eigenvalue weighted by Gasteiger charge is 2.49. The molecule has 126 valence electrons. The van der Waals surface area contributed by atoms with Crippen molar-refractivity contribution in [1.29, 1.82) is 0 Å². The highest BCUT2D eigenvalue weighted by atomic mass is 32.1. The standard InChI is InChI=1S/C19H22N2O2S/c1-18(2,3)14-9-7-13(8-10-14)12-21-16(22)19(4,20-17(21)23)15-6-5-11-24-15/h5-11H,12H2,1-4H3,(H,20,23)/t19-/m0/s1. The van der Waals surface area contributed by atoms with E-state index in [0.717, 1.165) is 10.4 Å². The minimum atomic E-state index is -0.962. The van der Waals surface area contributed by atoms with Crippen molar-refractivity contribution >= 4 is 23.3 Å². The molecule has 1 saturated heterocycles. The number of benzene rings is 1. The molecule has 1 N–H and O–H groups in total. The SMILES string of the molecule is CC(C)(C)c1ccc(CN2C(=O)N[C@@](C)(c3cccs3)C2=O)cc1. The Morgan fingerprint density at radius 2 is 1.79 bits per heavy atom. The van der Waals surface area contributed by atoms with E-state index in [2.05, 4.69) is 38.2 Å². The molecule has 3 amide bonds. The summed E-state index contributed by atoms with van der Waals surface area (Å²) in [6, 6.07) is 11.5. The van der Waals surface area contributed by atoms with Gasteiger partial charge in [0.15, 0.2) is 5.54 Å². The number of urea groups is 1. The Kier molecular flexibility index (Phi) is 4.00. The molecule has 1 atom stereocenters. The van der Waals surface area contributed by atoms with Gasteiger partial charge in [0.25, 0.3) is 5.91 Å². The van der Waals surface area contributed by atoms with Crippen LogP contribution in [0.4, 0.5) is 4.79 Å². The second-order valence-electron chi connectivity index (χ2n) is 7.37. The molecule has 5 heteroatoms. The number of rotatable bonds is 3. The summed E-state index contributed by atoms with van der Waals surface area (Å²) in [6.07, 6.45) is 0. The maximum atomic E-state index is 12.8. The first kappa shape index (κ1) is 16.7. The van der Waals surface area contributed by atoms with Gasteiger partial charge in [-0.3, -0.25) is 9.69 Å². The molecule has 2 heterocycles. The van der Waals surface area contributed by atoms with Crippen LogP contribution < -0.4 is 5.32 Å². The fourth-order valence-electron chi connectivity index (χ4n) is 2.86. The van der Waals surface area contributed by atoms with Crippen LogP contribution >= 0.6 is 11.3 Å². The molecule has 1 aliphatic heterocycles. The van der Waals surface area contributed by atoms with Crippen LogP contribution in [-0.4, -0.2) is 16.8 Å². The van der Waals surface area contributed by atoms with Gasteiger partial charge in [-0.25, -0.2) is 4.79 Å². The van der Waals surface area contributed by atoms with E-state index >= 15 is 0 Å². The highest BCUT2D eigenvalue weighted by Crippen LogP contribution is 2.32. The Labute approximate surface area is 146 Å². The van der Waals surface area contributed by atoms with Crippen LogP contribution in [0.2, 0.25) is 0 Å². The number of carbonyl (C=O) groups excluding carboxylic acids is 2. The number of imide groups is 1. The first-order valence-electron chi connectivity index (χ1n) is 7.99. The van der Waals surface area contributed by atoms with E-state index in [-0.39, 0.29) is 23.9 Å². The number of hydrogen-bond acceptors (Lipinski definition) is 3. The molecule has 4 nitrogen and oxygen atoms in total. The number of nitrogens with one attached hydrogen (secondary N) is 1. The third-order valence-electron chi connectivity index (χ3n) is 4.45. The predicted octanol–water partition coefficient (Wildman–Crippen LogP) is 4.01. The lowest BCUT2D eigenvalue weighted by atomic mass is 9.87. The Morgan fingerprint density at radius 1 is 1.12 bits per heavy atom. The van der Waals surface area contributed by atoms with Gasteiger partial charge in [0.1, 0.15) is 0 Å². The van der Waals surface area contributed by atoms with E-state index in [4.69, 9.17) is 0 Å². The van der Waals surface area contributed by atoms with Crippen LogP contribution in [0, 0.1) is 0 Å². The van der Waals surface area contributed by atoms with Crippen LogP contribution in [0.1, 0.15) is 43.7 Å². The zero-order valence-electron chi connectivity index (χ0n) is 14.4. The average molecular weight is 342 g/mol. The number of hydrogen-bond donors (Lipinski definition) is 1. The predicted molar refractivity (Wildman–Crippen MR) is 95.9 cm³/mol. The summed E-state index contributed by atoms with van der Waals surface area (Å²) >= 11 is 1.48. The molecular weight excluding hydrogens is 320 g/mol. The van der Waals surface area contributed by atoms with Gasteiger partial charge >= 0.3 is 6.03 Å². The van der Waals surface area contributed by atoms with Crippen LogP contribution in [0.15, 0.2) is 41.8 Å². The summed E-state index contributed by atoms with van der Waals surface area (Å²) in [6.45, 7) is 8.53. The Hall–Kier alpha value is -2.14. The third kappa shape index (κ3) is 2.84. The number of nitrogens with zero attached hydrogens (tertiary/aromatic N) is 1. The molecule has 1 aromatic carbocycles. The molecule has 0 saturated carbocycles. The van der Waals surface area contributed by atoms with Gasteiger partial charge in [0.05, 0.1) is 6.54 Å². The van der Waals surface area contributed by atoms with Gasteiger partial charge in [-0.1, -0.05) is 51.1 Å². The highest BCUT2D eigenvalue weighted by molar-refractivity contribution is 7.10. The lowest BCUT2D eigenvalue weighted by molar-refractivity contribution is -0.131. The average Bonchev–Trinajstić information content (AvgIpc) is 3.12. The lowest BCUT2D eigenvalue weighted by Gasteiger charge is -2.21. The normalized spacial score (nSPS) is 21.2. The largest absolute Gasteiger partial charge is 0.325 e. The topological polar surface area (TPSA) is 49.4 Å². The first-order valence-corrected chi connectivity index (χ1v) is 8.87. The van der Waals surface area contributed by atoms with Crippen molar-refractivity contribution in [3.05, 3.63) is 57.8 Å². The van der Waals surface area contributed by atoms with Gasteiger partial charge < -0.3 is 5.32 Å². The summed E-state index contributed by atoms with van der Waals surface area (Å²) in [5, 5.41) is 4.75. The molecule has 2 aromatic rings. The van der Waals surface area contributed by atoms with Crippen LogP contribution in [-0.2, 0) is 22.3 Å². The van der Waals surface area contributed by atoms with Crippen LogP contribution in [0.5, 0.6) is 0 Å². The van der Waals surface area contributed by atoms with Crippen molar-refractivity contribution in [2.75, 3.05) is 0 Å². The van der Waals surface area contributed by atoms with Gasteiger partial charge in [-0.15, -0.1) is 11.3 Å². The van der Waals surface area contributed by atoms with E-state index < -0.39 is 5.54 Å². The summed E-state index contributed by atoms with van der Waals surface area (Å²) in [5.41, 5.74) is 1.29. The molecule has 0 bridgehead atoms. The molecular formula is C19H22N2O2S. The summed E-state index contributed by atoms with van der Waals surface area (Å²) in [5.74, 6) is -0.199. The monoisotopic (exact) mass is 342 g/mol. The van der Waals surface area contributed by atoms with E-state index in [1.165, 1.54) is 21.8 Å². The van der Waals surface area contributed by atoms with Crippen molar-refractivity contribution in [3.63, 3.8) is 0 Å². The molecule has 0 aliphatic carbocycles. The molecule has 1 fully saturated rings. The van der Waals surface area contributed by atoms with Crippen LogP contribution in [0.3, 0.4) is 0 Å². The molecule has 0 spiro atoms. The van der Waals surface area contributed by atoms with E-state index in [9.17, 15) is 9.59 Å². The molecule has 1 aliphatic rings. The van der Waals surface area contributed by atoms with Gasteiger partial charge in [0.2, 0.25) is 0 Å². The second kappa shape index (κ2) is 5.74.